The Hall–Kier alpha value is -1.24. The molecular weight excluding hydrogens is 266 g/mol. The average Bonchev–Trinajstić information content (AvgIpc) is 2.99. The first kappa shape index (κ1) is 10.9. The molecule has 0 bridgehead atoms. The monoisotopic (exact) mass is 272 g/mol. The van der Waals surface area contributed by atoms with Crippen molar-refractivity contribution in [1.82, 2.24) is 0 Å². The van der Waals surface area contributed by atoms with Crippen LogP contribution in [-0.2, 0) is 9.05 Å². The predicted molar refractivity (Wildman–Crippen MR) is 58.8 cm³/mol. The number of rotatable bonds is 1. The van der Waals surface area contributed by atoms with E-state index >= 15 is 0 Å². The number of carbonyl (C=O) groups is 2. The van der Waals surface area contributed by atoms with Crippen LogP contribution in [0, 0.1) is 0 Å². The molecule has 1 saturated heterocycles. The van der Waals surface area contributed by atoms with Gasteiger partial charge in [0, 0.05) is 10.7 Å². The third-order valence-corrected chi connectivity index (χ3v) is 5.02. The number of halogens is 1. The molecule has 5 nitrogen and oxygen atoms in total. The van der Waals surface area contributed by atoms with E-state index in [0.29, 0.717) is 0 Å². The van der Waals surface area contributed by atoms with Gasteiger partial charge in [-0.25, -0.2) is 18.0 Å². The Bertz CT molecular complexity index is 632. The first-order valence-electron chi connectivity index (χ1n) is 4.89. The first-order valence-corrected chi connectivity index (χ1v) is 7.26. The molecule has 0 aliphatic carbocycles. The molecule has 0 N–H and O–H groups in total. The third-order valence-electron chi connectivity index (χ3n) is 3.24. The highest BCUT2D eigenvalue weighted by molar-refractivity contribution is 8.14. The molecule has 1 aromatic rings. The summed E-state index contributed by atoms with van der Waals surface area (Å²) in [6, 6.07) is 6.33. The van der Waals surface area contributed by atoms with Crippen molar-refractivity contribution in [2.75, 3.05) is 6.54 Å². The van der Waals surface area contributed by atoms with E-state index in [1.807, 2.05) is 0 Å². The van der Waals surface area contributed by atoms with Crippen LogP contribution >= 0.6 is 10.7 Å². The summed E-state index contributed by atoms with van der Waals surface area (Å²) < 4.78 is 21.8. The number of benzene rings is 1. The summed E-state index contributed by atoms with van der Waals surface area (Å²) in [5.74, 6) is -0.945. The van der Waals surface area contributed by atoms with Gasteiger partial charge >= 0.3 is 11.8 Å². The van der Waals surface area contributed by atoms with E-state index < -0.39 is 30.7 Å². The summed E-state index contributed by atoms with van der Waals surface area (Å²) in [5.41, 5.74) is 0.556. The molecule has 2 aliphatic rings. The van der Waals surface area contributed by atoms with Crippen molar-refractivity contribution in [3.05, 3.63) is 35.4 Å². The largest absolute Gasteiger partial charge is 0.356 e. The van der Waals surface area contributed by atoms with E-state index in [9.17, 15) is 18.0 Å². The van der Waals surface area contributed by atoms with Crippen LogP contribution in [0.2, 0.25) is 0 Å². The van der Waals surface area contributed by atoms with Gasteiger partial charge in [-0.1, -0.05) is 12.1 Å². The number of carbonyl (C=O) groups excluding carboxylic acids is 2. The Morgan fingerprint density at radius 3 is 1.94 bits per heavy atom. The van der Waals surface area contributed by atoms with Gasteiger partial charge in [0.1, 0.15) is 0 Å². The van der Waals surface area contributed by atoms with E-state index in [0.717, 1.165) is 0 Å². The van der Waals surface area contributed by atoms with E-state index in [-0.39, 0.29) is 17.7 Å². The Balaban J connectivity index is 2.16. The van der Waals surface area contributed by atoms with Gasteiger partial charge in [0.15, 0.2) is 6.54 Å². The van der Waals surface area contributed by atoms with Gasteiger partial charge in [0.05, 0.1) is 11.1 Å². The van der Waals surface area contributed by atoms with Crippen LogP contribution < -0.4 is 0 Å². The Kier molecular flexibility index (Phi) is 1.89. The molecule has 88 valence electrons. The van der Waals surface area contributed by atoms with Crippen molar-refractivity contribution in [1.29, 1.82) is 0 Å². The minimum atomic E-state index is -3.90. The zero-order chi connectivity index (χ0) is 12.4. The highest BCUT2D eigenvalue weighted by Crippen LogP contribution is 2.45. The van der Waals surface area contributed by atoms with Crippen LogP contribution in [0.15, 0.2) is 24.3 Å². The zero-order valence-corrected chi connectivity index (χ0v) is 10.0. The summed E-state index contributed by atoms with van der Waals surface area (Å²) in [7, 11) is 1.32. The standard InChI is InChI=1S/C10H7ClNO4S/c11-17(15,16)8-5-12(8)9(13)6-3-1-2-4-7(6)10(12)14/h1-4,8H,5H2/q+1. The molecule has 17 heavy (non-hydrogen) atoms. The molecule has 2 aliphatic heterocycles. The fourth-order valence-electron chi connectivity index (χ4n) is 2.31. The molecule has 0 aromatic heterocycles. The number of hydrogen-bond acceptors (Lipinski definition) is 4. The van der Waals surface area contributed by atoms with Gasteiger partial charge < -0.3 is 0 Å². The average molecular weight is 273 g/mol. The van der Waals surface area contributed by atoms with Crippen molar-refractivity contribution in [2.45, 2.75) is 5.37 Å². The van der Waals surface area contributed by atoms with Gasteiger partial charge in [-0.2, -0.15) is 4.48 Å². The molecule has 1 fully saturated rings. The topological polar surface area (TPSA) is 68.3 Å². The number of nitrogens with zero attached hydrogens (tertiary/aromatic N) is 1. The van der Waals surface area contributed by atoms with Crippen LogP contribution in [0.25, 0.3) is 0 Å². The van der Waals surface area contributed by atoms with Crippen molar-refractivity contribution >= 4 is 31.5 Å². The van der Waals surface area contributed by atoms with Crippen molar-refractivity contribution in [3.63, 3.8) is 0 Å². The highest BCUT2D eigenvalue weighted by atomic mass is 35.7. The van der Waals surface area contributed by atoms with Crippen LogP contribution in [-0.4, -0.2) is 36.6 Å². The summed E-state index contributed by atoms with van der Waals surface area (Å²) in [6.45, 7) is -0.0574. The van der Waals surface area contributed by atoms with E-state index in [4.69, 9.17) is 10.7 Å². The Labute approximate surface area is 102 Å². The summed E-state index contributed by atoms with van der Waals surface area (Å²) in [5, 5.41) is -1.13. The van der Waals surface area contributed by atoms with Gasteiger partial charge in [-0.3, -0.25) is 0 Å². The molecule has 1 atom stereocenters. The van der Waals surface area contributed by atoms with Crippen LogP contribution in [0.5, 0.6) is 0 Å². The second kappa shape index (κ2) is 2.95. The normalized spacial score (nSPS) is 25.1. The molecule has 2 heterocycles. The lowest BCUT2D eigenvalue weighted by Crippen LogP contribution is -2.36. The maximum atomic E-state index is 12.1. The molecule has 1 aromatic carbocycles. The zero-order valence-electron chi connectivity index (χ0n) is 8.46. The van der Waals surface area contributed by atoms with Gasteiger partial charge in [-0.15, -0.1) is 0 Å². The minimum absolute atomic E-state index is 0.0574. The number of fused-ring (bicyclic) bond motifs is 1. The quantitative estimate of drug-likeness (QED) is 0.327. The minimum Gasteiger partial charge on any atom is -0.225 e. The fraction of sp³-hybridized carbons (Fsp3) is 0.200. The fourth-order valence-corrected chi connectivity index (χ4v) is 3.92. The molecule has 0 radical (unpaired) electrons. The van der Waals surface area contributed by atoms with Crippen molar-refractivity contribution in [2.24, 2.45) is 0 Å². The molecule has 1 spiro atoms. The van der Waals surface area contributed by atoms with E-state index in [1.165, 1.54) is 12.1 Å². The van der Waals surface area contributed by atoms with E-state index in [2.05, 4.69) is 0 Å². The molecule has 0 saturated carbocycles. The second-order valence-electron chi connectivity index (χ2n) is 4.14. The lowest BCUT2D eigenvalue weighted by molar-refractivity contribution is -0.620. The van der Waals surface area contributed by atoms with Gasteiger partial charge in [0.25, 0.3) is 14.4 Å². The Morgan fingerprint density at radius 1 is 1.12 bits per heavy atom. The highest BCUT2D eigenvalue weighted by Gasteiger charge is 2.76. The maximum absolute atomic E-state index is 12.1. The summed E-state index contributed by atoms with van der Waals surface area (Å²) in [6.07, 6.45) is 0. The molecular formula is C10H7ClNO4S+. The summed E-state index contributed by atoms with van der Waals surface area (Å²) in [4.78, 5) is 24.2. The lowest BCUT2D eigenvalue weighted by atomic mass is 10.1. The number of amides is 2. The third kappa shape index (κ3) is 1.20. The van der Waals surface area contributed by atoms with Gasteiger partial charge in [-0.05, 0) is 12.1 Å². The lowest BCUT2D eigenvalue weighted by Gasteiger charge is -2.04. The molecule has 1 unspecified atom stereocenters. The SMILES string of the molecule is O=C1c2ccccc2C(=O)[N+]12CC2S(=O)(=O)Cl. The smallest absolute Gasteiger partial charge is 0.225 e. The summed E-state index contributed by atoms with van der Waals surface area (Å²) >= 11 is 0. The van der Waals surface area contributed by atoms with Crippen molar-refractivity contribution < 1.29 is 22.5 Å². The van der Waals surface area contributed by atoms with Gasteiger partial charge in [0.2, 0.25) is 0 Å². The molecule has 2 amide bonds. The molecule has 3 rings (SSSR count). The van der Waals surface area contributed by atoms with Crippen LogP contribution in [0.1, 0.15) is 20.7 Å². The predicted octanol–water partition coefficient (Wildman–Crippen LogP) is 0.706. The molecule has 7 heteroatoms. The maximum Gasteiger partial charge on any atom is 0.356 e. The van der Waals surface area contributed by atoms with Crippen molar-refractivity contribution in [3.8, 4) is 0 Å². The second-order valence-corrected chi connectivity index (χ2v) is 6.92. The first-order chi connectivity index (χ1) is 7.89. The number of imide groups is 1. The number of quaternary nitrogens is 1. The van der Waals surface area contributed by atoms with Crippen LogP contribution in [0.4, 0.5) is 0 Å². The van der Waals surface area contributed by atoms with Crippen LogP contribution in [0.3, 0.4) is 0 Å². The van der Waals surface area contributed by atoms with E-state index in [1.54, 1.807) is 12.1 Å². The number of hydrogen-bond donors (Lipinski definition) is 0. The Morgan fingerprint density at radius 2 is 1.59 bits per heavy atom.